The van der Waals surface area contributed by atoms with Crippen LogP contribution in [0.25, 0.3) is 21.9 Å². The number of hydrogen-bond acceptors (Lipinski definition) is 1. The Hall–Kier alpha value is -3.20. The van der Waals surface area contributed by atoms with Crippen LogP contribution in [-0.2, 0) is 0 Å². The van der Waals surface area contributed by atoms with E-state index in [1.54, 1.807) is 35.2 Å². The normalized spacial score (nSPS) is 11.6. The molecular weight excluding hydrogens is 364 g/mol. The van der Waals surface area contributed by atoms with Gasteiger partial charge in [-0.15, -0.1) is 0 Å². The van der Waals surface area contributed by atoms with Crippen LogP contribution in [0.1, 0.15) is 20.8 Å². The Labute approximate surface area is 170 Å². The minimum Gasteiger partial charge on any atom is -0.331 e. The maximum atomic E-state index is 15.9. The van der Waals surface area contributed by atoms with Crippen molar-refractivity contribution in [2.45, 2.75) is 26.3 Å². The summed E-state index contributed by atoms with van der Waals surface area (Å²) in [5.41, 5.74) is 1.51. The molecule has 0 bridgehead atoms. The molecule has 146 valence electrons. The van der Waals surface area contributed by atoms with Crippen molar-refractivity contribution in [3.05, 3.63) is 96.6 Å². The van der Waals surface area contributed by atoms with Crippen molar-refractivity contribution < 1.29 is 8.78 Å². The Morgan fingerprint density at radius 2 is 1.21 bits per heavy atom. The first-order chi connectivity index (χ1) is 13.9. The van der Waals surface area contributed by atoms with Gasteiger partial charge in [-0.2, -0.15) is 0 Å². The van der Waals surface area contributed by atoms with Crippen LogP contribution in [0.2, 0.25) is 0 Å². The first-order valence-corrected chi connectivity index (χ1v) is 9.69. The molecule has 0 heterocycles. The number of halogens is 2. The minimum atomic E-state index is -0.527. The highest BCUT2D eigenvalue weighted by Crippen LogP contribution is 2.40. The first kappa shape index (κ1) is 19.1. The molecule has 4 aromatic rings. The summed E-state index contributed by atoms with van der Waals surface area (Å²) in [6, 6.07) is 25.6. The molecule has 0 saturated heterocycles. The van der Waals surface area contributed by atoms with E-state index in [-0.39, 0.29) is 11.6 Å². The van der Waals surface area contributed by atoms with E-state index in [1.165, 1.54) is 6.07 Å². The Bertz CT molecular complexity index is 1170. The number of rotatable bonds is 3. The van der Waals surface area contributed by atoms with E-state index in [4.69, 9.17) is 0 Å². The molecule has 0 spiro atoms. The lowest BCUT2D eigenvalue weighted by molar-refractivity contribution is 0.527. The highest BCUT2D eigenvalue weighted by molar-refractivity contribution is 5.97. The van der Waals surface area contributed by atoms with Gasteiger partial charge in [-0.05, 0) is 55.3 Å². The van der Waals surface area contributed by atoms with E-state index in [0.29, 0.717) is 16.9 Å². The fraction of sp³-hybridized carbons (Fsp3) is 0.154. The van der Waals surface area contributed by atoms with Crippen LogP contribution in [0, 0.1) is 11.6 Å². The quantitative estimate of drug-likeness (QED) is 0.348. The SMILES string of the molecule is CC(C)(C)N(c1ccccc1F)c1cccc(-c2cccc3ccccc23)c1F. The standard InChI is InChI=1S/C26H23F2N/c1-26(2,3)29(23-16-7-6-15-22(23)27)24-17-9-14-21(25(24)28)20-13-8-11-18-10-4-5-12-19(18)20/h4-17H,1-3H3. The van der Waals surface area contributed by atoms with E-state index in [9.17, 15) is 4.39 Å². The van der Waals surface area contributed by atoms with Gasteiger partial charge in [0.25, 0.3) is 0 Å². The van der Waals surface area contributed by atoms with Gasteiger partial charge in [0.05, 0.1) is 11.4 Å². The second-order valence-corrected chi connectivity index (χ2v) is 8.12. The summed E-state index contributed by atoms with van der Waals surface area (Å²) < 4.78 is 30.6. The van der Waals surface area contributed by atoms with Crippen molar-refractivity contribution in [3.8, 4) is 11.1 Å². The summed E-state index contributed by atoms with van der Waals surface area (Å²) in [5, 5.41) is 2.04. The lowest BCUT2D eigenvalue weighted by Gasteiger charge is -2.38. The molecular formula is C26H23F2N. The summed E-state index contributed by atoms with van der Waals surface area (Å²) in [4.78, 5) is 1.73. The summed E-state index contributed by atoms with van der Waals surface area (Å²) >= 11 is 0. The van der Waals surface area contributed by atoms with Gasteiger partial charge in [0.15, 0.2) is 5.82 Å². The lowest BCUT2D eigenvalue weighted by atomic mass is 9.96. The molecule has 0 saturated carbocycles. The predicted octanol–water partition coefficient (Wildman–Crippen LogP) is 7.72. The highest BCUT2D eigenvalue weighted by Gasteiger charge is 2.29. The van der Waals surface area contributed by atoms with E-state index >= 15 is 4.39 Å². The summed E-state index contributed by atoms with van der Waals surface area (Å²) in [6.45, 7) is 5.84. The van der Waals surface area contributed by atoms with Gasteiger partial charge in [0.1, 0.15) is 5.82 Å². The van der Waals surface area contributed by atoms with Crippen LogP contribution in [0.3, 0.4) is 0 Å². The summed E-state index contributed by atoms with van der Waals surface area (Å²) in [7, 11) is 0. The molecule has 0 unspecified atom stereocenters. The number of anilines is 2. The zero-order chi connectivity index (χ0) is 20.6. The van der Waals surface area contributed by atoms with Crippen molar-refractivity contribution in [3.63, 3.8) is 0 Å². The second kappa shape index (κ2) is 7.32. The van der Waals surface area contributed by atoms with E-state index in [0.717, 1.165) is 16.3 Å². The second-order valence-electron chi connectivity index (χ2n) is 8.12. The first-order valence-electron chi connectivity index (χ1n) is 9.69. The molecule has 0 radical (unpaired) electrons. The number of nitrogens with zero attached hydrogens (tertiary/aromatic N) is 1. The van der Waals surface area contributed by atoms with Crippen LogP contribution < -0.4 is 4.90 Å². The molecule has 3 heteroatoms. The monoisotopic (exact) mass is 387 g/mol. The third-order valence-electron chi connectivity index (χ3n) is 5.06. The molecule has 0 N–H and O–H groups in total. The Balaban J connectivity index is 1.95. The Morgan fingerprint density at radius 1 is 0.621 bits per heavy atom. The molecule has 29 heavy (non-hydrogen) atoms. The van der Waals surface area contributed by atoms with Crippen LogP contribution in [0.15, 0.2) is 84.9 Å². The van der Waals surface area contributed by atoms with Gasteiger partial charge >= 0.3 is 0 Å². The molecule has 0 aliphatic carbocycles. The maximum absolute atomic E-state index is 15.9. The fourth-order valence-electron chi connectivity index (χ4n) is 3.85. The number of hydrogen-bond donors (Lipinski definition) is 0. The van der Waals surface area contributed by atoms with Crippen molar-refractivity contribution in [2.75, 3.05) is 4.90 Å². The molecule has 1 nitrogen and oxygen atoms in total. The third kappa shape index (κ3) is 3.49. The molecule has 0 amide bonds. The van der Waals surface area contributed by atoms with Crippen LogP contribution in [0.4, 0.5) is 20.2 Å². The van der Waals surface area contributed by atoms with Gasteiger partial charge in [0, 0.05) is 11.1 Å². The zero-order valence-electron chi connectivity index (χ0n) is 16.8. The van der Waals surface area contributed by atoms with Gasteiger partial charge in [-0.1, -0.05) is 66.7 Å². The van der Waals surface area contributed by atoms with Gasteiger partial charge < -0.3 is 4.90 Å². The van der Waals surface area contributed by atoms with Crippen molar-refractivity contribution in [2.24, 2.45) is 0 Å². The molecule has 0 fully saturated rings. The van der Waals surface area contributed by atoms with Crippen molar-refractivity contribution in [1.29, 1.82) is 0 Å². The van der Waals surface area contributed by atoms with E-state index < -0.39 is 5.54 Å². The average molecular weight is 387 g/mol. The Morgan fingerprint density at radius 3 is 1.97 bits per heavy atom. The van der Waals surface area contributed by atoms with Crippen molar-refractivity contribution >= 4 is 22.1 Å². The molecule has 0 atom stereocenters. The van der Waals surface area contributed by atoms with Gasteiger partial charge in [-0.3, -0.25) is 0 Å². The summed E-state index contributed by atoms with van der Waals surface area (Å²) in [6.07, 6.45) is 0. The predicted molar refractivity (Wildman–Crippen MR) is 118 cm³/mol. The zero-order valence-corrected chi connectivity index (χ0v) is 16.8. The van der Waals surface area contributed by atoms with Crippen LogP contribution >= 0.6 is 0 Å². The highest BCUT2D eigenvalue weighted by atomic mass is 19.1. The minimum absolute atomic E-state index is 0.355. The summed E-state index contributed by atoms with van der Waals surface area (Å²) in [5.74, 6) is -0.737. The van der Waals surface area contributed by atoms with Crippen molar-refractivity contribution in [1.82, 2.24) is 0 Å². The number of benzene rings is 4. The number of fused-ring (bicyclic) bond motifs is 1. The van der Waals surface area contributed by atoms with E-state index in [1.807, 2.05) is 69.3 Å². The molecule has 4 rings (SSSR count). The third-order valence-corrected chi connectivity index (χ3v) is 5.06. The molecule has 0 aromatic heterocycles. The van der Waals surface area contributed by atoms with Crippen LogP contribution in [0.5, 0.6) is 0 Å². The van der Waals surface area contributed by atoms with Gasteiger partial charge in [-0.25, -0.2) is 8.78 Å². The van der Waals surface area contributed by atoms with Crippen LogP contribution in [-0.4, -0.2) is 5.54 Å². The van der Waals surface area contributed by atoms with E-state index in [2.05, 4.69) is 0 Å². The molecule has 0 aliphatic heterocycles. The largest absolute Gasteiger partial charge is 0.331 e. The average Bonchev–Trinajstić information content (AvgIpc) is 2.70. The molecule has 4 aromatic carbocycles. The van der Waals surface area contributed by atoms with Gasteiger partial charge in [0.2, 0.25) is 0 Å². The Kier molecular flexibility index (Phi) is 4.83. The molecule has 0 aliphatic rings. The smallest absolute Gasteiger partial charge is 0.154 e. The topological polar surface area (TPSA) is 3.24 Å². The maximum Gasteiger partial charge on any atom is 0.154 e. The fourth-order valence-corrected chi connectivity index (χ4v) is 3.85. The lowest BCUT2D eigenvalue weighted by Crippen LogP contribution is -2.38. The number of para-hydroxylation sites is 1.